The zero-order valence-corrected chi connectivity index (χ0v) is 13.7. The lowest BCUT2D eigenvalue weighted by molar-refractivity contribution is 0.290. The normalized spacial score (nSPS) is 30.9. The third-order valence-corrected chi connectivity index (χ3v) is 6.26. The van der Waals surface area contributed by atoms with Gasteiger partial charge in [0, 0.05) is 22.3 Å². The van der Waals surface area contributed by atoms with Gasteiger partial charge in [-0.15, -0.1) is 0 Å². The number of rotatable bonds is 4. The van der Waals surface area contributed by atoms with Crippen molar-refractivity contribution in [3.05, 3.63) is 34.3 Å². The van der Waals surface area contributed by atoms with Gasteiger partial charge in [0.25, 0.3) is 0 Å². The third-order valence-electron chi connectivity index (χ3n) is 4.37. The Morgan fingerprint density at radius 1 is 1.26 bits per heavy atom. The molecule has 3 rings (SSSR count). The summed E-state index contributed by atoms with van der Waals surface area (Å²) < 4.78 is 1.21. The van der Waals surface area contributed by atoms with Crippen LogP contribution in [0, 0.1) is 0 Å². The van der Waals surface area contributed by atoms with E-state index in [2.05, 4.69) is 57.3 Å². The average Bonchev–Trinajstić information content (AvgIpc) is 2.38. The van der Waals surface area contributed by atoms with Crippen LogP contribution in [0.3, 0.4) is 0 Å². The first-order valence-corrected chi connectivity index (χ1v) is 9.26. The predicted octanol–water partition coefficient (Wildman–Crippen LogP) is 4.57. The van der Waals surface area contributed by atoms with E-state index in [0.29, 0.717) is 0 Å². The van der Waals surface area contributed by atoms with Gasteiger partial charge >= 0.3 is 0 Å². The summed E-state index contributed by atoms with van der Waals surface area (Å²) in [6.45, 7) is 1.22. The Hall–Kier alpha value is 0.01000. The van der Waals surface area contributed by atoms with Gasteiger partial charge in [-0.25, -0.2) is 0 Å². The maximum atomic E-state index is 3.77. The van der Waals surface area contributed by atoms with Gasteiger partial charge in [0.1, 0.15) is 0 Å². The fourth-order valence-corrected chi connectivity index (χ4v) is 4.75. The lowest BCUT2D eigenvalue weighted by atomic mass is 9.76. The summed E-state index contributed by atoms with van der Waals surface area (Å²) in [5, 5.41) is 4.64. The zero-order valence-electron chi connectivity index (χ0n) is 11.3. The topological polar surface area (TPSA) is 12.0 Å². The summed E-state index contributed by atoms with van der Waals surface area (Å²) in [4.78, 5) is 0. The number of thioether (sulfide) groups is 1. The molecule has 0 bridgehead atoms. The first-order valence-electron chi connectivity index (χ1n) is 7.42. The molecule has 1 aliphatic carbocycles. The molecule has 0 amide bonds. The molecule has 1 nitrogen and oxygen atoms in total. The molecule has 2 fully saturated rings. The summed E-state index contributed by atoms with van der Waals surface area (Å²) in [6.07, 6.45) is 6.90. The summed E-state index contributed by atoms with van der Waals surface area (Å²) >= 11 is 5.73. The number of hydrogen-bond acceptors (Lipinski definition) is 2. The Morgan fingerprint density at radius 3 is 2.89 bits per heavy atom. The predicted molar refractivity (Wildman–Crippen MR) is 88.0 cm³/mol. The second kappa shape index (κ2) is 6.64. The highest BCUT2D eigenvalue weighted by atomic mass is 79.9. The summed E-state index contributed by atoms with van der Waals surface area (Å²) in [6, 6.07) is 9.56. The monoisotopic (exact) mass is 339 g/mol. The SMILES string of the molecule is Brc1cccc(C2CC(NCC3CCCCS3)C2)c1. The number of nitrogens with one attached hydrogen (secondary N) is 1. The van der Waals surface area contributed by atoms with Crippen molar-refractivity contribution in [2.45, 2.75) is 49.3 Å². The molecule has 1 aliphatic heterocycles. The molecule has 19 heavy (non-hydrogen) atoms. The van der Waals surface area contributed by atoms with Crippen LogP contribution < -0.4 is 5.32 Å². The minimum atomic E-state index is 0.756. The van der Waals surface area contributed by atoms with Crippen LogP contribution in [0.4, 0.5) is 0 Å². The number of hydrogen-bond donors (Lipinski definition) is 1. The standard InChI is InChI=1S/C16H22BrNS/c17-14-5-3-4-12(8-14)13-9-15(10-13)18-11-16-6-1-2-7-19-16/h3-5,8,13,15-16,18H,1-2,6-7,9-11H2. The molecule has 1 heterocycles. The Kier molecular flexibility index (Phi) is 4.88. The van der Waals surface area contributed by atoms with Crippen molar-refractivity contribution in [2.75, 3.05) is 12.3 Å². The Morgan fingerprint density at radius 2 is 2.16 bits per heavy atom. The van der Waals surface area contributed by atoms with Crippen LogP contribution in [0.1, 0.15) is 43.6 Å². The maximum absolute atomic E-state index is 3.77. The van der Waals surface area contributed by atoms with E-state index in [0.717, 1.165) is 17.2 Å². The highest BCUT2D eigenvalue weighted by Crippen LogP contribution is 2.38. The van der Waals surface area contributed by atoms with Crippen molar-refractivity contribution in [2.24, 2.45) is 0 Å². The minimum Gasteiger partial charge on any atom is -0.313 e. The van der Waals surface area contributed by atoms with Crippen molar-refractivity contribution < 1.29 is 0 Å². The van der Waals surface area contributed by atoms with Crippen molar-refractivity contribution in [1.82, 2.24) is 5.32 Å². The minimum absolute atomic E-state index is 0.756. The molecular formula is C16H22BrNS. The van der Waals surface area contributed by atoms with Crippen molar-refractivity contribution in [3.8, 4) is 0 Å². The largest absolute Gasteiger partial charge is 0.313 e. The Labute approximate surface area is 129 Å². The fraction of sp³-hybridized carbons (Fsp3) is 0.625. The van der Waals surface area contributed by atoms with Gasteiger partial charge in [0.2, 0.25) is 0 Å². The van der Waals surface area contributed by atoms with E-state index in [4.69, 9.17) is 0 Å². The molecule has 1 saturated heterocycles. The Bertz CT molecular complexity index is 411. The van der Waals surface area contributed by atoms with Crippen LogP contribution in [-0.4, -0.2) is 23.6 Å². The van der Waals surface area contributed by atoms with Gasteiger partial charge in [-0.05, 0) is 55.1 Å². The van der Waals surface area contributed by atoms with Gasteiger partial charge in [0.05, 0.1) is 0 Å². The van der Waals surface area contributed by atoms with E-state index in [1.807, 2.05) is 0 Å². The third kappa shape index (κ3) is 3.77. The van der Waals surface area contributed by atoms with E-state index < -0.39 is 0 Å². The fourth-order valence-electron chi connectivity index (χ4n) is 3.08. The van der Waals surface area contributed by atoms with Crippen LogP contribution in [0.15, 0.2) is 28.7 Å². The lowest BCUT2D eigenvalue weighted by Crippen LogP contribution is -2.43. The molecule has 1 saturated carbocycles. The molecule has 2 aliphatic rings. The smallest absolute Gasteiger partial charge is 0.0178 e. The molecule has 1 aromatic rings. The second-order valence-electron chi connectivity index (χ2n) is 5.82. The molecule has 0 spiro atoms. The molecule has 0 radical (unpaired) electrons. The van der Waals surface area contributed by atoms with Crippen LogP contribution in [0.5, 0.6) is 0 Å². The first kappa shape index (κ1) is 14.0. The van der Waals surface area contributed by atoms with Crippen molar-refractivity contribution in [3.63, 3.8) is 0 Å². The van der Waals surface area contributed by atoms with E-state index in [9.17, 15) is 0 Å². The second-order valence-corrected chi connectivity index (χ2v) is 8.14. The highest BCUT2D eigenvalue weighted by Gasteiger charge is 2.30. The summed E-state index contributed by atoms with van der Waals surface area (Å²) in [5.41, 5.74) is 1.50. The molecule has 1 unspecified atom stereocenters. The molecule has 0 aromatic heterocycles. The van der Waals surface area contributed by atoms with Crippen molar-refractivity contribution >= 4 is 27.7 Å². The van der Waals surface area contributed by atoms with Gasteiger partial charge in [-0.2, -0.15) is 11.8 Å². The van der Waals surface area contributed by atoms with Crippen LogP contribution in [0.25, 0.3) is 0 Å². The number of benzene rings is 1. The summed E-state index contributed by atoms with van der Waals surface area (Å²) in [5.74, 6) is 2.14. The van der Waals surface area contributed by atoms with E-state index >= 15 is 0 Å². The molecule has 1 atom stereocenters. The van der Waals surface area contributed by atoms with Gasteiger partial charge in [0.15, 0.2) is 0 Å². The average molecular weight is 340 g/mol. The molecule has 1 aromatic carbocycles. The molecule has 1 N–H and O–H groups in total. The lowest BCUT2D eigenvalue weighted by Gasteiger charge is -2.37. The molecular weight excluding hydrogens is 318 g/mol. The zero-order chi connectivity index (χ0) is 13.1. The first-order chi connectivity index (χ1) is 9.31. The number of halogens is 1. The summed E-state index contributed by atoms with van der Waals surface area (Å²) in [7, 11) is 0. The maximum Gasteiger partial charge on any atom is 0.0178 e. The van der Waals surface area contributed by atoms with Crippen LogP contribution in [0.2, 0.25) is 0 Å². The van der Waals surface area contributed by atoms with Gasteiger partial charge in [-0.3, -0.25) is 0 Å². The Balaban J connectivity index is 1.40. The van der Waals surface area contributed by atoms with E-state index in [-0.39, 0.29) is 0 Å². The van der Waals surface area contributed by atoms with E-state index in [1.165, 1.54) is 54.4 Å². The van der Waals surface area contributed by atoms with Gasteiger partial charge in [-0.1, -0.05) is 34.5 Å². The molecule has 3 heteroatoms. The van der Waals surface area contributed by atoms with Gasteiger partial charge < -0.3 is 5.32 Å². The van der Waals surface area contributed by atoms with E-state index in [1.54, 1.807) is 0 Å². The van der Waals surface area contributed by atoms with Crippen LogP contribution >= 0.6 is 27.7 Å². The molecule has 104 valence electrons. The highest BCUT2D eigenvalue weighted by molar-refractivity contribution is 9.10. The quantitative estimate of drug-likeness (QED) is 0.862. The van der Waals surface area contributed by atoms with Crippen molar-refractivity contribution in [1.29, 1.82) is 0 Å². The van der Waals surface area contributed by atoms with Crippen LogP contribution in [-0.2, 0) is 0 Å².